The van der Waals surface area contributed by atoms with Crippen molar-refractivity contribution in [1.29, 1.82) is 0 Å². The Kier molecular flexibility index (Phi) is 5.03. The van der Waals surface area contributed by atoms with Crippen molar-refractivity contribution in [3.8, 4) is 0 Å². The fourth-order valence-corrected chi connectivity index (χ4v) is 7.68. The minimum Gasteiger partial charge on any atom is -0.307 e. The van der Waals surface area contributed by atoms with Crippen molar-refractivity contribution in [2.24, 2.45) is 0 Å². The summed E-state index contributed by atoms with van der Waals surface area (Å²) in [6.45, 7) is 2.56. The zero-order valence-corrected chi connectivity index (χ0v) is 20.2. The quantitative estimate of drug-likeness (QED) is 0.558. The highest BCUT2D eigenvalue weighted by Crippen LogP contribution is 2.42. The number of carbonyl (C=O) groups excluding carboxylic acids is 1. The van der Waals surface area contributed by atoms with Gasteiger partial charge >= 0.3 is 0 Å². The number of benzene rings is 1. The van der Waals surface area contributed by atoms with Gasteiger partial charge in [-0.2, -0.15) is 5.10 Å². The van der Waals surface area contributed by atoms with E-state index in [2.05, 4.69) is 6.07 Å². The van der Waals surface area contributed by atoms with Crippen LogP contribution in [0.1, 0.15) is 59.4 Å². The molecule has 33 heavy (non-hydrogen) atoms. The first-order valence-electron chi connectivity index (χ1n) is 11.6. The molecule has 1 unspecified atom stereocenters. The summed E-state index contributed by atoms with van der Waals surface area (Å²) < 4.78 is 26.1. The monoisotopic (exact) mass is 482 g/mol. The van der Waals surface area contributed by atoms with E-state index in [4.69, 9.17) is 10.1 Å². The van der Waals surface area contributed by atoms with Gasteiger partial charge in [0.25, 0.3) is 5.91 Å². The van der Waals surface area contributed by atoms with Crippen LogP contribution in [-0.2, 0) is 9.84 Å². The summed E-state index contributed by atoms with van der Waals surface area (Å²) in [4.78, 5) is 22.0. The lowest BCUT2D eigenvalue weighted by atomic mass is 10.1. The number of hydrogen-bond donors (Lipinski definition) is 0. The number of carbonyl (C=O) groups is 1. The van der Waals surface area contributed by atoms with Gasteiger partial charge in [0.15, 0.2) is 15.5 Å². The second-order valence-electron chi connectivity index (χ2n) is 9.28. The Morgan fingerprint density at radius 1 is 1.18 bits per heavy atom. The molecule has 1 saturated heterocycles. The molecule has 1 atom stereocenters. The van der Waals surface area contributed by atoms with Gasteiger partial charge < -0.3 is 4.90 Å². The molecule has 2 aliphatic heterocycles. The van der Waals surface area contributed by atoms with Crippen molar-refractivity contribution in [2.75, 3.05) is 28.7 Å². The van der Waals surface area contributed by atoms with E-state index in [0.717, 1.165) is 52.4 Å². The number of pyridine rings is 1. The number of para-hydroxylation sites is 1. The van der Waals surface area contributed by atoms with E-state index in [1.165, 1.54) is 0 Å². The van der Waals surface area contributed by atoms with Crippen LogP contribution < -0.4 is 4.90 Å². The summed E-state index contributed by atoms with van der Waals surface area (Å²) in [5.41, 5.74) is 3.89. The second kappa shape index (κ2) is 7.84. The first kappa shape index (κ1) is 21.2. The smallest absolute Gasteiger partial charge is 0.259 e. The van der Waals surface area contributed by atoms with Crippen molar-refractivity contribution in [3.63, 3.8) is 0 Å². The van der Waals surface area contributed by atoms with Crippen LogP contribution in [0.5, 0.6) is 0 Å². The van der Waals surface area contributed by atoms with Gasteiger partial charge in [0.05, 0.1) is 39.9 Å². The van der Waals surface area contributed by atoms with E-state index in [0.29, 0.717) is 30.1 Å². The number of nitrogens with zero attached hydrogens (tertiary/aromatic N) is 4. The number of hydrogen-bond acceptors (Lipinski definition) is 6. The van der Waals surface area contributed by atoms with Crippen LogP contribution in [0.25, 0.3) is 11.0 Å². The molecule has 2 aromatic heterocycles. The molecule has 1 aliphatic carbocycles. The summed E-state index contributed by atoms with van der Waals surface area (Å²) in [7, 11) is -3.06. The molecule has 1 saturated carbocycles. The average Bonchev–Trinajstić information content (AvgIpc) is 3.55. The number of amides is 1. The maximum absolute atomic E-state index is 14.1. The third-order valence-corrected chi connectivity index (χ3v) is 9.72. The normalized spacial score (nSPS) is 22.3. The lowest BCUT2D eigenvalue weighted by Crippen LogP contribution is -2.32. The van der Waals surface area contributed by atoms with E-state index in [1.54, 1.807) is 16.4 Å². The highest BCUT2D eigenvalue weighted by molar-refractivity contribution is 7.99. The van der Waals surface area contributed by atoms with Gasteiger partial charge in [0.1, 0.15) is 0 Å². The summed E-state index contributed by atoms with van der Waals surface area (Å²) in [6.07, 6.45) is 3.60. The number of fused-ring (bicyclic) bond motifs is 2. The van der Waals surface area contributed by atoms with Crippen molar-refractivity contribution < 1.29 is 13.2 Å². The van der Waals surface area contributed by atoms with Crippen LogP contribution in [0.3, 0.4) is 0 Å². The third kappa shape index (κ3) is 3.75. The molecule has 1 amide bonds. The minimum absolute atomic E-state index is 0.0269. The van der Waals surface area contributed by atoms with Gasteiger partial charge in [-0.1, -0.05) is 12.1 Å². The van der Waals surface area contributed by atoms with E-state index in [9.17, 15) is 13.2 Å². The number of anilines is 1. The van der Waals surface area contributed by atoms with E-state index < -0.39 is 9.84 Å². The van der Waals surface area contributed by atoms with Crippen LogP contribution in [0.2, 0.25) is 0 Å². The lowest BCUT2D eigenvalue weighted by Gasteiger charge is -2.23. The Balaban J connectivity index is 1.51. The molecule has 3 aliphatic rings. The van der Waals surface area contributed by atoms with Gasteiger partial charge in [0.2, 0.25) is 0 Å². The topological polar surface area (TPSA) is 85.2 Å². The zero-order valence-electron chi connectivity index (χ0n) is 18.5. The standard InChI is InChI=1S/C24H26N4O3S2/c1-15-22-18(24(29)27-10-4-11-32-21-6-3-2-5-20(21)27)13-19(16-7-8-16)25-23(22)28(26-15)17-9-12-33(30,31)14-17/h2-3,5-6,13,16-17H,4,7-12,14H2,1H3. The number of aromatic nitrogens is 3. The highest BCUT2D eigenvalue weighted by Gasteiger charge is 2.35. The van der Waals surface area contributed by atoms with E-state index in [1.807, 2.05) is 36.1 Å². The summed E-state index contributed by atoms with van der Waals surface area (Å²) in [5, 5.41) is 5.48. The molecule has 0 spiro atoms. The van der Waals surface area contributed by atoms with Crippen LogP contribution in [0.15, 0.2) is 35.2 Å². The molecule has 6 rings (SSSR count). The second-order valence-corrected chi connectivity index (χ2v) is 12.6. The predicted molar refractivity (Wildman–Crippen MR) is 130 cm³/mol. The molecule has 7 nitrogen and oxygen atoms in total. The van der Waals surface area contributed by atoms with Crippen LogP contribution in [0, 0.1) is 6.92 Å². The first-order chi connectivity index (χ1) is 15.9. The molecule has 4 heterocycles. The van der Waals surface area contributed by atoms with Crippen LogP contribution in [0.4, 0.5) is 5.69 Å². The molecule has 9 heteroatoms. The third-order valence-electron chi connectivity index (χ3n) is 6.82. The Morgan fingerprint density at radius 2 is 2.00 bits per heavy atom. The SMILES string of the molecule is Cc1nn(C2CCS(=O)(=O)C2)c2nc(C3CC3)cc(C(=O)N3CCCSc4ccccc43)c12. The zero-order chi connectivity index (χ0) is 22.7. The Bertz CT molecular complexity index is 1380. The predicted octanol–water partition coefficient (Wildman–Crippen LogP) is 4.12. The molecular weight excluding hydrogens is 456 g/mol. The fraction of sp³-hybridized carbons (Fsp3) is 0.458. The van der Waals surface area contributed by atoms with Crippen molar-refractivity contribution in [2.45, 2.75) is 49.5 Å². The van der Waals surface area contributed by atoms with E-state index >= 15 is 0 Å². The summed E-state index contributed by atoms with van der Waals surface area (Å²) >= 11 is 1.79. The molecular formula is C24H26N4O3S2. The largest absolute Gasteiger partial charge is 0.307 e. The Morgan fingerprint density at radius 3 is 2.76 bits per heavy atom. The maximum Gasteiger partial charge on any atom is 0.259 e. The summed E-state index contributed by atoms with van der Waals surface area (Å²) in [5.74, 6) is 1.57. The lowest BCUT2D eigenvalue weighted by molar-refractivity contribution is 0.0988. The molecule has 0 radical (unpaired) electrons. The van der Waals surface area contributed by atoms with Crippen molar-refractivity contribution >= 4 is 44.2 Å². The van der Waals surface area contributed by atoms with Crippen LogP contribution >= 0.6 is 11.8 Å². The van der Waals surface area contributed by atoms with Gasteiger partial charge in [-0.15, -0.1) is 11.8 Å². The van der Waals surface area contributed by atoms with E-state index in [-0.39, 0.29) is 23.5 Å². The van der Waals surface area contributed by atoms with Crippen molar-refractivity contribution in [1.82, 2.24) is 14.8 Å². The number of sulfone groups is 1. The molecule has 1 aromatic carbocycles. The average molecular weight is 483 g/mol. The van der Waals surface area contributed by atoms with Gasteiger partial charge in [-0.3, -0.25) is 4.79 Å². The number of thioether (sulfide) groups is 1. The number of rotatable bonds is 3. The highest BCUT2D eigenvalue weighted by atomic mass is 32.2. The summed E-state index contributed by atoms with van der Waals surface area (Å²) in [6, 6.07) is 9.82. The Hall–Kier alpha value is -2.39. The first-order valence-corrected chi connectivity index (χ1v) is 14.4. The molecule has 3 aromatic rings. The van der Waals surface area contributed by atoms with Gasteiger partial charge in [0, 0.05) is 23.1 Å². The molecule has 0 bridgehead atoms. The van der Waals surface area contributed by atoms with Crippen LogP contribution in [-0.4, -0.2) is 52.9 Å². The van der Waals surface area contributed by atoms with Crippen molar-refractivity contribution in [3.05, 3.63) is 47.3 Å². The Labute approximate surface area is 197 Å². The minimum atomic E-state index is -3.06. The molecule has 2 fully saturated rings. The van der Waals surface area contributed by atoms with Gasteiger partial charge in [-0.25, -0.2) is 18.1 Å². The molecule has 172 valence electrons. The van der Waals surface area contributed by atoms with Gasteiger partial charge in [-0.05, 0) is 56.6 Å². The molecule has 0 N–H and O–H groups in total. The maximum atomic E-state index is 14.1. The number of aryl methyl sites for hydroxylation is 1. The fourth-order valence-electron chi connectivity index (χ4n) is 5.00.